The molecule has 2 aromatic heterocycles. The number of aromatic nitrogens is 1. The number of carbonyl (C=O) groups is 1. The van der Waals surface area contributed by atoms with E-state index in [-0.39, 0.29) is 5.76 Å². The standard InChI is InChI=1S/C19H23NO3/c1-5-8-9-16-13(4)10-17(14(6-2)7-3)20(16)15-11-18(19(21)22)23-12-15/h6-7,10-12H,2,5,8-9H2,1,3-4H3,(H,21,22)/b14-7+. The smallest absolute Gasteiger partial charge is 0.371 e. The van der Waals surface area contributed by atoms with Crippen LogP contribution in [0.2, 0.25) is 0 Å². The van der Waals surface area contributed by atoms with Gasteiger partial charge in [0.15, 0.2) is 0 Å². The predicted octanol–water partition coefficient (Wildman–Crippen LogP) is 5.01. The van der Waals surface area contributed by atoms with Gasteiger partial charge in [0.05, 0.1) is 11.4 Å². The van der Waals surface area contributed by atoms with E-state index < -0.39 is 5.97 Å². The number of nitrogens with zero attached hydrogens (tertiary/aromatic N) is 1. The average molecular weight is 313 g/mol. The molecule has 0 aliphatic heterocycles. The van der Waals surface area contributed by atoms with Gasteiger partial charge in [0.25, 0.3) is 0 Å². The summed E-state index contributed by atoms with van der Waals surface area (Å²) in [5.74, 6) is -1.12. The summed E-state index contributed by atoms with van der Waals surface area (Å²) in [7, 11) is 0. The van der Waals surface area contributed by atoms with Crippen LogP contribution in [0.3, 0.4) is 0 Å². The molecule has 23 heavy (non-hydrogen) atoms. The van der Waals surface area contributed by atoms with E-state index in [2.05, 4.69) is 31.1 Å². The minimum atomic E-state index is -1.06. The predicted molar refractivity (Wildman–Crippen MR) is 92.2 cm³/mol. The summed E-state index contributed by atoms with van der Waals surface area (Å²) in [6.45, 7) is 10.1. The number of carboxylic acids is 1. The minimum absolute atomic E-state index is 0.0561. The first-order valence-electron chi connectivity index (χ1n) is 7.86. The Bertz CT molecular complexity index is 747. The highest BCUT2D eigenvalue weighted by molar-refractivity contribution is 5.85. The Hall–Kier alpha value is -2.49. The number of rotatable bonds is 7. The fourth-order valence-corrected chi connectivity index (χ4v) is 2.76. The van der Waals surface area contributed by atoms with Gasteiger partial charge in [-0.3, -0.25) is 0 Å². The van der Waals surface area contributed by atoms with Gasteiger partial charge in [0.1, 0.15) is 6.26 Å². The third-order valence-electron chi connectivity index (χ3n) is 3.97. The number of hydrogen-bond donors (Lipinski definition) is 1. The molecule has 0 saturated heterocycles. The van der Waals surface area contributed by atoms with Gasteiger partial charge in [-0.05, 0) is 43.9 Å². The monoisotopic (exact) mass is 313 g/mol. The summed E-state index contributed by atoms with van der Waals surface area (Å²) in [6.07, 6.45) is 8.42. The van der Waals surface area contributed by atoms with E-state index in [0.29, 0.717) is 0 Å². The van der Waals surface area contributed by atoms with Gasteiger partial charge in [0.2, 0.25) is 5.76 Å². The van der Waals surface area contributed by atoms with Crippen molar-refractivity contribution in [1.82, 2.24) is 4.57 Å². The highest BCUT2D eigenvalue weighted by atomic mass is 16.4. The molecule has 122 valence electrons. The second kappa shape index (κ2) is 7.18. The van der Waals surface area contributed by atoms with Gasteiger partial charge in [0, 0.05) is 11.8 Å². The molecule has 0 aliphatic carbocycles. The van der Waals surface area contributed by atoms with Gasteiger partial charge >= 0.3 is 5.97 Å². The zero-order chi connectivity index (χ0) is 17.0. The number of allylic oxidation sites excluding steroid dienone is 3. The highest BCUT2D eigenvalue weighted by Crippen LogP contribution is 2.29. The van der Waals surface area contributed by atoms with Gasteiger partial charge in [-0.15, -0.1) is 0 Å². The molecule has 2 rings (SSSR count). The van der Waals surface area contributed by atoms with Crippen molar-refractivity contribution in [3.05, 3.63) is 59.8 Å². The molecular weight excluding hydrogens is 290 g/mol. The third-order valence-corrected chi connectivity index (χ3v) is 3.97. The Morgan fingerprint density at radius 3 is 2.70 bits per heavy atom. The van der Waals surface area contributed by atoms with Crippen molar-refractivity contribution >= 4 is 11.5 Å². The summed E-state index contributed by atoms with van der Waals surface area (Å²) < 4.78 is 7.27. The second-order valence-electron chi connectivity index (χ2n) is 5.52. The van der Waals surface area contributed by atoms with E-state index in [1.807, 2.05) is 19.1 Å². The van der Waals surface area contributed by atoms with Crippen LogP contribution in [0.15, 0.2) is 41.5 Å². The molecule has 0 aliphatic rings. The molecule has 0 unspecified atom stereocenters. The minimum Gasteiger partial charge on any atom is -0.475 e. The third kappa shape index (κ3) is 3.31. The van der Waals surface area contributed by atoms with Crippen molar-refractivity contribution in [2.45, 2.75) is 40.0 Å². The van der Waals surface area contributed by atoms with Gasteiger partial charge in [-0.2, -0.15) is 0 Å². The maximum absolute atomic E-state index is 11.1. The van der Waals surface area contributed by atoms with Gasteiger partial charge in [-0.25, -0.2) is 4.79 Å². The molecule has 0 radical (unpaired) electrons. The van der Waals surface area contributed by atoms with E-state index in [4.69, 9.17) is 9.52 Å². The van der Waals surface area contributed by atoms with Crippen molar-refractivity contribution in [3.8, 4) is 5.69 Å². The number of furan rings is 1. The van der Waals surface area contributed by atoms with Crippen molar-refractivity contribution in [3.63, 3.8) is 0 Å². The van der Waals surface area contributed by atoms with Crippen LogP contribution in [0.5, 0.6) is 0 Å². The molecule has 0 spiro atoms. The molecule has 4 nitrogen and oxygen atoms in total. The van der Waals surface area contributed by atoms with Crippen LogP contribution in [0.25, 0.3) is 11.3 Å². The molecule has 0 aromatic carbocycles. The first kappa shape index (κ1) is 16.9. The van der Waals surface area contributed by atoms with Crippen LogP contribution in [-0.4, -0.2) is 15.6 Å². The molecule has 2 aromatic rings. The van der Waals surface area contributed by atoms with Gasteiger partial charge < -0.3 is 14.1 Å². The van der Waals surface area contributed by atoms with Crippen molar-refractivity contribution in [1.29, 1.82) is 0 Å². The Balaban J connectivity index is 2.64. The molecule has 0 fully saturated rings. The van der Waals surface area contributed by atoms with E-state index >= 15 is 0 Å². The zero-order valence-corrected chi connectivity index (χ0v) is 13.9. The number of aryl methyl sites for hydroxylation is 1. The van der Waals surface area contributed by atoms with E-state index in [1.165, 1.54) is 17.5 Å². The van der Waals surface area contributed by atoms with Crippen LogP contribution < -0.4 is 0 Å². The van der Waals surface area contributed by atoms with Crippen LogP contribution in [0.1, 0.15) is 54.2 Å². The summed E-state index contributed by atoms with van der Waals surface area (Å²) in [4.78, 5) is 11.1. The Morgan fingerprint density at radius 2 is 2.17 bits per heavy atom. The Labute approximate surface area is 136 Å². The molecular formula is C19H23NO3. The molecule has 1 N–H and O–H groups in total. The lowest BCUT2D eigenvalue weighted by Crippen LogP contribution is -2.04. The maximum Gasteiger partial charge on any atom is 0.371 e. The molecule has 0 bridgehead atoms. The molecule has 2 heterocycles. The largest absolute Gasteiger partial charge is 0.475 e. The van der Waals surface area contributed by atoms with Crippen LogP contribution in [0.4, 0.5) is 0 Å². The lowest BCUT2D eigenvalue weighted by Gasteiger charge is -2.12. The topological polar surface area (TPSA) is 55.4 Å². The Kier molecular flexibility index (Phi) is 5.27. The SMILES string of the molecule is C=C/C(=C\C)c1cc(C)c(CCCC)n1-c1coc(C(=O)O)c1. The quantitative estimate of drug-likeness (QED) is 0.731. The zero-order valence-electron chi connectivity index (χ0n) is 13.9. The number of unbranched alkanes of at least 4 members (excludes halogenated alkanes) is 1. The molecule has 4 heteroatoms. The lowest BCUT2D eigenvalue weighted by atomic mass is 10.1. The van der Waals surface area contributed by atoms with Crippen molar-refractivity contribution < 1.29 is 14.3 Å². The summed E-state index contributed by atoms with van der Waals surface area (Å²) >= 11 is 0. The van der Waals surface area contributed by atoms with Crippen LogP contribution >= 0.6 is 0 Å². The Morgan fingerprint density at radius 1 is 1.43 bits per heavy atom. The van der Waals surface area contributed by atoms with Crippen LogP contribution in [0, 0.1) is 6.92 Å². The number of hydrogen-bond acceptors (Lipinski definition) is 2. The molecule has 0 saturated carbocycles. The molecule has 0 atom stereocenters. The van der Waals surface area contributed by atoms with Crippen LogP contribution in [-0.2, 0) is 6.42 Å². The summed E-state index contributed by atoms with van der Waals surface area (Å²) in [5.41, 5.74) is 5.11. The molecule has 0 amide bonds. The first-order chi connectivity index (χ1) is 11.0. The van der Waals surface area contributed by atoms with Crippen molar-refractivity contribution in [2.24, 2.45) is 0 Å². The van der Waals surface area contributed by atoms with Gasteiger partial charge in [-0.1, -0.05) is 32.1 Å². The van der Waals surface area contributed by atoms with E-state index in [1.54, 1.807) is 6.07 Å². The highest BCUT2D eigenvalue weighted by Gasteiger charge is 2.18. The van der Waals surface area contributed by atoms with Crippen molar-refractivity contribution in [2.75, 3.05) is 0 Å². The fraction of sp³-hybridized carbons (Fsp3) is 0.316. The lowest BCUT2D eigenvalue weighted by molar-refractivity contribution is 0.0662. The number of aromatic carboxylic acids is 1. The summed E-state index contributed by atoms with van der Waals surface area (Å²) in [6, 6.07) is 3.69. The van der Waals surface area contributed by atoms with E-state index in [0.717, 1.165) is 36.2 Å². The maximum atomic E-state index is 11.1. The summed E-state index contributed by atoms with van der Waals surface area (Å²) in [5, 5.41) is 9.10. The second-order valence-corrected chi connectivity index (χ2v) is 5.52. The normalized spacial score (nSPS) is 11.7. The fourth-order valence-electron chi connectivity index (χ4n) is 2.76. The first-order valence-corrected chi connectivity index (χ1v) is 7.86. The van der Waals surface area contributed by atoms with E-state index in [9.17, 15) is 4.79 Å². The number of carboxylic acid groups (broad SMARTS) is 1. The average Bonchev–Trinajstić information content (AvgIpc) is 3.11.